The van der Waals surface area contributed by atoms with Crippen LogP contribution < -0.4 is 11.4 Å². The zero-order valence-electron chi connectivity index (χ0n) is 13.6. The highest BCUT2D eigenvalue weighted by Crippen LogP contribution is 2.34. The van der Waals surface area contributed by atoms with Gasteiger partial charge in [-0.15, -0.1) is 0 Å². The van der Waals surface area contributed by atoms with Gasteiger partial charge in [-0.2, -0.15) is 4.98 Å². The van der Waals surface area contributed by atoms with Gasteiger partial charge in [-0.1, -0.05) is 37.9 Å². The number of thioether (sulfide) groups is 1. The topological polar surface area (TPSA) is 77.0 Å². The Labute approximate surface area is 140 Å². The second-order valence-corrected chi connectivity index (χ2v) is 7.93. The summed E-state index contributed by atoms with van der Waals surface area (Å²) in [6.07, 6.45) is 7.74. The maximum Gasteiger partial charge on any atom is 0.354 e. The minimum Gasteiger partial charge on any atom is -0.381 e. The Morgan fingerprint density at radius 2 is 1.87 bits per heavy atom. The molecule has 1 atom stereocenters. The molecule has 6 nitrogen and oxygen atoms in total. The van der Waals surface area contributed by atoms with Gasteiger partial charge in [0.25, 0.3) is 0 Å². The molecule has 2 aliphatic rings. The van der Waals surface area contributed by atoms with Crippen molar-refractivity contribution in [3.05, 3.63) is 21.0 Å². The summed E-state index contributed by atoms with van der Waals surface area (Å²) in [5.41, 5.74) is -0.769. The summed E-state index contributed by atoms with van der Waals surface area (Å²) in [4.78, 5) is 31.5. The van der Waals surface area contributed by atoms with E-state index >= 15 is 0 Å². The molecule has 128 valence electrons. The van der Waals surface area contributed by atoms with Crippen molar-refractivity contribution in [3.63, 3.8) is 0 Å². The lowest BCUT2D eigenvalue weighted by atomic mass is 9.87. The standard InChI is InChI=1S/C16H25N3O3S/c1-11(12-5-3-2-4-6-12)23-14-17-15(20)19(16(21)18-14)13-7-9-22-10-8-13/h11-13H,2-10H2,1H3,(H,17,18,20,21)/t11-/m0/s1. The molecule has 7 heteroatoms. The van der Waals surface area contributed by atoms with Crippen molar-refractivity contribution in [3.8, 4) is 0 Å². The van der Waals surface area contributed by atoms with Crippen molar-refractivity contribution in [2.75, 3.05) is 13.2 Å². The van der Waals surface area contributed by atoms with Crippen LogP contribution in [0.25, 0.3) is 0 Å². The number of aromatic amines is 1. The number of nitrogens with zero attached hydrogens (tertiary/aromatic N) is 2. The van der Waals surface area contributed by atoms with E-state index in [1.807, 2.05) is 0 Å². The van der Waals surface area contributed by atoms with Gasteiger partial charge >= 0.3 is 11.4 Å². The third kappa shape index (κ3) is 4.07. The van der Waals surface area contributed by atoms with Gasteiger partial charge in [-0.3, -0.25) is 4.98 Å². The second kappa shape index (κ2) is 7.66. The van der Waals surface area contributed by atoms with Crippen LogP contribution in [-0.4, -0.2) is 33.0 Å². The summed E-state index contributed by atoms with van der Waals surface area (Å²) in [6, 6.07) is -0.0951. The van der Waals surface area contributed by atoms with E-state index in [4.69, 9.17) is 4.74 Å². The van der Waals surface area contributed by atoms with Crippen molar-refractivity contribution in [2.24, 2.45) is 5.92 Å². The predicted molar refractivity (Wildman–Crippen MR) is 90.1 cm³/mol. The average Bonchev–Trinajstić information content (AvgIpc) is 2.56. The smallest absolute Gasteiger partial charge is 0.354 e. The average molecular weight is 339 g/mol. The second-order valence-electron chi connectivity index (χ2n) is 6.56. The van der Waals surface area contributed by atoms with Crippen LogP contribution in [0.4, 0.5) is 0 Å². The minimum atomic E-state index is -0.431. The fourth-order valence-electron chi connectivity index (χ4n) is 3.60. The molecule has 3 rings (SSSR count). The lowest BCUT2D eigenvalue weighted by Crippen LogP contribution is -2.42. The number of hydrogen-bond donors (Lipinski definition) is 1. The number of nitrogens with one attached hydrogen (secondary N) is 1. The highest BCUT2D eigenvalue weighted by atomic mass is 32.2. The number of H-pyrrole nitrogens is 1. The summed E-state index contributed by atoms with van der Waals surface area (Å²) in [5.74, 6) is 0.650. The van der Waals surface area contributed by atoms with Gasteiger partial charge in [0.2, 0.25) is 0 Å². The monoisotopic (exact) mass is 339 g/mol. The van der Waals surface area contributed by atoms with E-state index in [-0.39, 0.29) is 11.7 Å². The van der Waals surface area contributed by atoms with Crippen molar-refractivity contribution < 1.29 is 4.74 Å². The molecule has 1 saturated heterocycles. The summed E-state index contributed by atoms with van der Waals surface area (Å²) >= 11 is 1.53. The van der Waals surface area contributed by atoms with Crippen molar-refractivity contribution in [2.45, 2.75) is 68.3 Å². The summed E-state index contributed by atoms with van der Waals surface area (Å²) in [6.45, 7) is 3.35. The summed E-state index contributed by atoms with van der Waals surface area (Å²) in [5, 5.41) is 0.832. The van der Waals surface area contributed by atoms with Crippen LogP contribution in [0.5, 0.6) is 0 Å². The molecule has 0 spiro atoms. The Kier molecular flexibility index (Phi) is 5.58. The van der Waals surface area contributed by atoms with E-state index < -0.39 is 5.69 Å². The van der Waals surface area contributed by atoms with Crippen LogP contribution in [0.3, 0.4) is 0 Å². The van der Waals surface area contributed by atoms with Crippen LogP contribution in [-0.2, 0) is 4.74 Å². The van der Waals surface area contributed by atoms with Gasteiger partial charge in [-0.05, 0) is 31.6 Å². The van der Waals surface area contributed by atoms with Crippen molar-refractivity contribution in [1.82, 2.24) is 14.5 Å². The molecule has 23 heavy (non-hydrogen) atoms. The maximum absolute atomic E-state index is 12.3. The molecule has 1 saturated carbocycles. The first-order valence-corrected chi connectivity index (χ1v) is 9.50. The molecule has 0 amide bonds. The van der Waals surface area contributed by atoms with E-state index in [0.717, 1.165) is 0 Å². The molecule has 1 aromatic heterocycles. The Bertz CT molecular complexity index is 599. The molecular formula is C16H25N3O3S. The molecule has 1 aromatic rings. The van der Waals surface area contributed by atoms with Gasteiger partial charge in [-0.25, -0.2) is 14.2 Å². The van der Waals surface area contributed by atoms with E-state index in [0.29, 0.717) is 42.4 Å². The molecule has 0 bridgehead atoms. The quantitative estimate of drug-likeness (QED) is 0.852. The highest BCUT2D eigenvalue weighted by molar-refractivity contribution is 7.99. The van der Waals surface area contributed by atoms with Crippen LogP contribution in [0.1, 0.15) is 57.9 Å². The highest BCUT2D eigenvalue weighted by Gasteiger charge is 2.24. The third-order valence-corrected chi connectivity index (χ3v) is 6.18. The van der Waals surface area contributed by atoms with Gasteiger partial charge in [0.15, 0.2) is 5.16 Å². The van der Waals surface area contributed by atoms with Crippen LogP contribution in [0.15, 0.2) is 14.7 Å². The Morgan fingerprint density at radius 3 is 2.52 bits per heavy atom. The molecule has 1 aliphatic heterocycles. The Balaban J connectivity index is 1.74. The molecule has 2 heterocycles. The van der Waals surface area contributed by atoms with Gasteiger partial charge in [0, 0.05) is 24.5 Å². The summed E-state index contributed by atoms with van der Waals surface area (Å²) < 4.78 is 6.55. The first-order chi connectivity index (χ1) is 11.1. The molecule has 0 radical (unpaired) electrons. The zero-order valence-corrected chi connectivity index (χ0v) is 14.4. The maximum atomic E-state index is 12.3. The van der Waals surface area contributed by atoms with E-state index in [2.05, 4.69) is 16.9 Å². The minimum absolute atomic E-state index is 0.0951. The van der Waals surface area contributed by atoms with Crippen LogP contribution in [0.2, 0.25) is 0 Å². The molecule has 0 aromatic carbocycles. The Morgan fingerprint density at radius 1 is 1.17 bits per heavy atom. The lowest BCUT2D eigenvalue weighted by Gasteiger charge is -2.27. The lowest BCUT2D eigenvalue weighted by molar-refractivity contribution is 0.0668. The Hall–Kier alpha value is -1.08. The first kappa shape index (κ1) is 16.8. The summed E-state index contributed by atoms with van der Waals surface area (Å²) in [7, 11) is 0. The zero-order chi connectivity index (χ0) is 16.2. The normalized spacial score (nSPS) is 22.1. The van der Waals surface area contributed by atoms with Crippen molar-refractivity contribution in [1.29, 1.82) is 0 Å². The van der Waals surface area contributed by atoms with E-state index in [9.17, 15) is 9.59 Å². The number of hydrogen-bond acceptors (Lipinski definition) is 5. The largest absolute Gasteiger partial charge is 0.381 e. The van der Waals surface area contributed by atoms with Gasteiger partial charge in [0.05, 0.1) is 0 Å². The molecule has 0 unspecified atom stereocenters. The molecule has 2 fully saturated rings. The van der Waals surface area contributed by atoms with Crippen LogP contribution in [0, 0.1) is 5.92 Å². The number of ether oxygens (including phenoxy) is 1. The SMILES string of the molecule is C[C@H](Sc1nc(=O)n(C2CCOCC2)c(=O)[nH]1)C1CCCCC1. The molecule has 1 aliphatic carbocycles. The van der Waals surface area contributed by atoms with Gasteiger partial charge in [0.1, 0.15) is 0 Å². The first-order valence-electron chi connectivity index (χ1n) is 8.62. The number of aromatic nitrogens is 3. The van der Waals surface area contributed by atoms with Crippen LogP contribution >= 0.6 is 11.8 Å². The predicted octanol–water partition coefficient (Wildman–Crippen LogP) is 2.34. The molecule has 1 N–H and O–H groups in total. The third-order valence-electron chi connectivity index (χ3n) is 5.00. The number of rotatable bonds is 4. The van der Waals surface area contributed by atoms with Gasteiger partial charge < -0.3 is 4.74 Å². The fraction of sp³-hybridized carbons (Fsp3) is 0.812. The fourth-order valence-corrected chi connectivity index (χ4v) is 4.70. The van der Waals surface area contributed by atoms with E-state index in [1.165, 1.54) is 48.4 Å². The van der Waals surface area contributed by atoms with E-state index in [1.54, 1.807) is 0 Å². The molecular weight excluding hydrogens is 314 g/mol. The van der Waals surface area contributed by atoms with Crippen molar-refractivity contribution >= 4 is 11.8 Å².